The van der Waals surface area contributed by atoms with E-state index >= 15 is 0 Å². The van der Waals surface area contributed by atoms with E-state index in [0.717, 1.165) is 41.9 Å². The largest absolute Gasteiger partial charge is 0.370 e. The molecule has 1 aliphatic rings. The first-order chi connectivity index (χ1) is 10.2. The van der Waals surface area contributed by atoms with Crippen LogP contribution in [0.2, 0.25) is 0 Å². The van der Waals surface area contributed by atoms with Crippen molar-refractivity contribution >= 4 is 11.6 Å². The van der Waals surface area contributed by atoms with E-state index in [1.807, 2.05) is 0 Å². The van der Waals surface area contributed by atoms with E-state index in [1.165, 1.54) is 32.1 Å². The average Bonchev–Trinajstić information content (AvgIpc) is 2.68. The van der Waals surface area contributed by atoms with Crippen molar-refractivity contribution in [3.05, 3.63) is 11.4 Å². The van der Waals surface area contributed by atoms with Crippen molar-refractivity contribution in [2.45, 2.75) is 72.3 Å². The van der Waals surface area contributed by atoms with Gasteiger partial charge >= 0.3 is 0 Å². The predicted octanol–water partition coefficient (Wildman–Crippen LogP) is 4.16. The van der Waals surface area contributed by atoms with Crippen molar-refractivity contribution in [3.8, 4) is 0 Å². The van der Waals surface area contributed by atoms with Crippen LogP contribution in [0, 0.1) is 12.8 Å². The molecular weight excluding hydrogens is 260 g/mol. The zero-order chi connectivity index (χ0) is 15.2. The van der Waals surface area contributed by atoms with Crippen molar-refractivity contribution in [2.24, 2.45) is 5.92 Å². The summed E-state index contributed by atoms with van der Waals surface area (Å²) in [5.74, 6) is 3.64. The van der Waals surface area contributed by atoms with E-state index in [1.54, 1.807) is 0 Å². The van der Waals surface area contributed by atoms with Crippen LogP contribution in [0.5, 0.6) is 0 Å². The van der Waals surface area contributed by atoms with Crippen LogP contribution in [-0.2, 0) is 6.42 Å². The van der Waals surface area contributed by atoms with E-state index in [-0.39, 0.29) is 0 Å². The Bertz CT molecular complexity index is 458. The molecule has 0 radical (unpaired) electrons. The summed E-state index contributed by atoms with van der Waals surface area (Å²) in [7, 11) is 0. The van der Waals surface area contributed by atoms with Gasteiger partial charge in [0, 0.05) is 24.6 Å². The molecule has 1 saturated carbocycles. The van der Waals surface area contributed by atoms with Gasteiger partial charge in [0.1, 0.15) is 17.5 Å². The van der Waals surface area contributed by atoms with Gasteiger partial charge in [0.2, 0.25) is 0 Å². The van der Waals surface area contributed by atoms with Crippen LogP contribution in [-0.4, -0.2) is 22.6 Å². The Hall–Kier alpha value is -1.32. The molecule has 0 bridgehead atoms. The molecule has 1 aromatic rings. The maximum atomic E-state index is 4.73. The molecule has 2 rings (SSSR count). The van der Waals surface area contributed by atoms with Crippen LogP contribution >= 0.6 is 0 Å². The summed E-state index contributed by atoms with van der Waals surface area (Å²) in [6.45, 7) is 9.58. The van der Waals surface area contributed by atoms with Crippen molar-refractivity contribution in [1.29, 1.82) is 0 Å². The number of hydrogen-bond acceptors (Lipinski definition) is 4. The fourth-order valence-electron chi connectivity index (χ4n) is 3.08. The van der Waals surface area contributed by atoms with Crippen molar-refractivity contribution in [1.82, 2.24) is 9.97 Å². The van der Waals surface area contributed by atoms with Gasteiger partial charge in [-0.2, -0.15) is 0 Å². The molecule has 0 spiro atoms. The van der Waals surface area contributed by atoms with Crippen LogP contribution < -0.4 is 10.6 Å². The Balaban J connectivity index is 2.22. The lowest BCUT2D eigenvalue weighted by Gasteiger charge is -2.25. The molecule has 2 N–H and O–H groups in total. The normalized spacial score (nSPS) is 22.7. The highest BCUT2D eigenvalue weighted by molar-refractivity contribution is 5.57. The van der Waals surface area contributed by atoms with Crippen LogP contribution in [0.3, 0.4) is 0 Å². The Morgan fingerprint density at radius 3 is 2.48 bits per heavy atom. The molecule has 1 heterocycles. The summed E-state index contributed by atoms with van der Waals surface area (Å²) < 4.78 is 0. The minimum Gasteiger partial charge on any atom is -0.370 e. The molecule has 4 nitrogen and oxygen atoms in total. The Morgan fingerprint density at radius 1 is 1.05 bits per heavy atom. The first-order valence-corrected chi connectivity index (χ1v) is 8.53. The van der Waals surface area contributed by atoms with E-state index in [9.17, 15) is 0 Å². The summed E-state index contributed by atoms with van der Waals surface area (Å²) in [5, 5.41) is 7.08. The molecule has 21 heavy (non-hydrogen) atoms. The molecule has 4 heteroatoms. The van der Waals surface area contributed by atoms with Crippen LogP contribution in [0.4, 0.5) is 11.6 Å². The summed E-state index contributed by atoms with van der Waals surface area (Å²) in [5.41, 5.74) is 1.14. The van der Waals surface area contributed by atoms with E-state index in [2.05, 4.69) is 43.3 Å². The van der Waals surface area contributed by atoms with Gasteiger partial charge in [-0.15, -0.1) is 0 Å². The van der Waals surface area contributed by atoms with Crippen LogP contribution in [0.25, 0.3) is 0 Å². The van der Waals surface area contributed by atoms with Gasteiger partial charge in [-0.3, -0.25) is 0 Å². The zero-order valence-corrected chi connectivity index (χ0v) is 14.0. The number of aromatic nitrogens is 2. The summed E-state index contributed by atoms with van der Waals surface area (Å²) in [4.78, 5) is 9.34. The predicted molar refractivity (Wildman–Crippen MR) is 90.0 cm³/mol. The van der Waals surface area contributed by atoms with Gasteiger partial charge in [-0.25, -0.2) is 9.97 Å². The standard InChI is InChI=1S/C17H30N4/c1-5-15-20-16(18-6-2)13(4)17(21-15)19-14-11-9-7-8-10-12(14)3/h12,14H,5-11H2,1-4H3,(H2,18,19,20,21). The lowest BCUT2D eigenvalue weighted by Crippen LogP contribution is -2.27. The summed E-state index contributed by atoms with van der Waals surface area (Å²) in [6, 6.07) is 0.542. The summed E-state index contributed by atoms with van der Waals surface area (Å²) >= 11 is 0. The van der Waals surface area contributed by atoms with Crippen LogP contribution in [0.1, 0.15) is 64.3 Å². The van der Waals surface area contributed by atoms with Gasteiger partial charge < -0.3 is 10.6 Å². The first-order valence-electron chi connectivity index (χ1n) is 8.53. The molecule has 2 atom stereocenters. The number of nitrogens with one attached hydrogen (secondary N) is 2. The van der Waals surface area contributed by atoms with Crippen molar-refractivity contribution in [3.63, 3.8) is 0 Å². The molecule has 0 aromatic carbocycles. The molecule has 1 aliphatic carbocycles. The second kappa shape index (κ2) is 7.62. The van der Waals surface area contributed by atoms with Gasteiger partial charge in [-0.1, -0.05) is 33.1 Å². The molecule has 0 amide bonds. The third-order valence-electron chi connectivity index (χ3n) is 4.54. The van der Waals surface area contributed by atoms with Gasteiger partial charge in [-0.05, 0) is 32.6 Å². The molecule has 2 unspecified atom stereocenters. The quantitative estimate of drug-likeness (QED) is 0.799. The maximum Gasteiger partial charge on any atom is 0.135 e. The van der Waals surface area contributed by atoms with E-state index in [4.69, 9.17) is 4.98 Å². The molecule has 1 aromatic heterocycles. The fourth-order valence-corrected chi connectivity index (χ4v) is 3.08. The van der Waals surface area contributed by atoms with Gasteiger partial charge in [0.25, 0.3) is 0 Å². The Morgan fingerprint density at radius 2 is 1.76 bits per heavy atom. The average molecular weight is 290 g/mol. The minimum absolute atomic E-state index is 0.542. The van der Waals surface area contributed by atoms with Crippen LogP contribution in [0.15, 0.2) is 0 Å². The van der Waals surface area contributed by atoms with E-state index < -0.39 is 0 Å². The fraction of sp³-hybridized carbons (Fsp3) is 0.765. The van der Waals surface area contributed by atoms with Crippen molar-refractivity contribution < 1.29 is 0 Å². The highest BCUT2D eigenvalue weighted by Crippen LogP contribution is 2.28. The lowest BCUT2D eigenvalue weighted by atomic mass is 9.97. The SMILES string of the molecule is CCNc1nc(CC)nc(NC2CCCCCC2C)c1C. The molecule has 118 valence electrons. The topological polar surface area (TPSA) is 49.8 Å². The van der Waals surface area contributed by atoms with E-state index in [0.29, 0.717) is 6.04 Å². The highest BCUT2D eigenvalue weighted by atomic mass is 15.1. The monoisotopic (exact) mass is 290 g/mol. The number of aryl methyl sites for hydroxylation is 1. The Kier molecular flexibility index (Phi) is 5.83. The third-order valence-corrected chi connectivity index (χ3v) is 4.54. The zero-order valence-electron chi connectivity index (χ0n) is 14.0. The molecule has 1 fully saturated rings. The number of nitrogens with zero attached hydrogens (tertiary/aromatic N) is 2. The minimum atomic E-state index is 0.542. The number of hydrogen-bond donors (Lipinski definition) is 2. The number of anilines is 2. The second-order valence-corrected chi connectivity index (χ2v) is 6.21. The second-order valence-electron chi connectivity index (χ2n) is 6.21. The number of rotatable bonds is 5. The third kappa shape index (κ3) is 4.08. The Labute approximate surface area is 129 Å². The molecule has 0 saturated heterocycles. The van der Waals surface area contributed by atoms with Crippen molar-refractivity contribution in [2.75, 3.05) is 17.2 Å². The smallest absolute Gasteiger partial charge is 0.135 e. The maximum absolute atomic E-state index is 4.73. The molecular formula is C17H30N4. The molecule has 0 aliphatic heterocycles. The lowest BCUT2D eigenvalue weighted by molar-refractivity contribution is 0.455. The first kappa shape index (κ1) is 16.1. The summed E-state index contributed by atoms with van der Waals surface area (Å²) in [6.07, 6.45) is 7.50. The van der Waals surface area contributed by atoms with Gasteiger partial charge in [0.15, 0.2) is 0 Å². The van der Waals surface area contributed by atoms with Gasteiger partial charge in [0.05, 0.1) is 0 Å². The highest BCUT2D eigenvalue weighted by Gasteiger charge is 2.21.